The summed E-state index contributed by atoms with van der Waals surface area (Å²) in [5, 5.41) is 3.87. The first-order chi connectivity index (χ1) is 11.8. The molecular formula is C22H28N2. The van der Waals surface area contributed by atoms with Crippen LogP contribution in [-0.4, -0.2) is 37.1 Å². The molecule has 0 amide bonds. The van der Waals surface area contributed by atoms with Gasteiger partial charge in [0.15, 0.2) is 0 Å². The van der Waals surface area contributed by atoms with Crippen molar-refractivity contribution in [3.63, 3.8) is 0 Å². The molecule has 2 aromatic carbocycles. The molecule has 1 heterocycles. The van der Waals surface area contributed by atoms with Gasteiger partial charge in [-0.3, -0.25) is 0 Å². The normalized spacial score (nSPS) is 22.6. The highest BCUT2D eigenvalue weighted by Crippen LogP contribution is 2.47. The van der Waals surface area contributed by atoms with Gasteiger partial charge in [-0.2, -0.15) is 0 Å². The largest absolute Gasteiger partial charge is 0.312 e. The number of nitrogens with zero attached hydrogens (tertiary/aromatic N) is 1. The van der Waals surface area contributed by atoms with E-state index < -0.39 is 0 Å². The Bertz CT molecular complexity index is 634. The number of nitrogens with one attached hydrogen (secondary N) is 1. The van der Waals surface area contributed by atoms with Crippen molar-refractivity contribution in [3.8, 4) is 0 Å². The summed E-state index contributed by atoms with van der Waals surface area (Å²) in [5.41, 5.74) is 3.41. The molecule has 0 spiro atoms. The second-order valence-corrected chi connectivity index (χ2v) is 7.55. The van der Waals surface area contributed by atoms with Crippen molar-refractivity contribution in [1.29, 1.82) is 0 Å². The van der Waals surface area contributed by atoms with Crippen LogP contribution in [0.2, 0.25) is 0 Å². The van der Waals surface area contributed by atoms with Crippen LogP contribution >= 0.6 is 0 Å². The minimum atomic E-state index is 0.429. The van der Waals surface area contributed by atoms with Gasteiger partial charge in [-0.25, -0.2) is 0 Å². The predicted octanol–water partition coefficient (Wildman–Crippen LogP) is 3.62. The van der Waals surface area contributed by atoms with E-state index >= 15 is 0 Å². The zero-order valence-corrected chi connectivity index (χ0v) is 14.5. The molecule has 1 saturated carbocycles. The summed E-state index contributed by atoms with van der Waals surface area (Å²) < 4.78 is 0. The molecule has 1 unspecified atom stereocenters. The molecule has 0 radical (unpaired) electrons. The average molecular weight is 320 g/mol. The lowest BCUT2D eigenvalue weighted by Gasteiger charge is -2.21. The van der Waals surface area contributed by atoms with Crippen LogP contribution in [0.5, 0.6) is 0 Å². The highest BCUT2D eigenvalue weighted by molar-refractivity contribution is 5.31. The molecule has 24 heavy (non-hydrogen) atoms. The number of hydrogen-bond donors (Lipinski definition) is 1. The van der Waals surface area contributed by atoms with E-state index in [2.05, 4.69) is 70.9 Å². The molecule has 126 valence electrons. The van der Waals surface area contributed by atoms with E-state index in [0.29, 0.717) is 11.5 Å². The maximum absolute atomic E-state index is 3.87. The summed E-state index contributed by atoms with van der Waals surface area (Å²) >= 11 is 0. The Labute approximate surface area is 145 Å². The third kappa shape index (κ3) is 3.71. The number of hydrogen-bond acceptors (Lipinski definition) is 2. The fraction of sp³-hybridized carbons (Fsp3) is 0.455. The Balaban J connectivity index is 1.23. The van der Waals surface area contributed by atoms with Gasteiger partial charge in [0, 0.05) is 31.1 Å². The lowest BCUT2D eigenvalue weighted by atomic mass is 9.95. The first kappa shape index (κ1) is 15.9. The fourth-order valence-corrected chi connectivity index (χ4v) is 3.98. The summed E-state index contributed by atoms with van der Waals surface area (Å²) in [6, 6.07) is 22.6. The third-order valence-electron chi connectivity index (χ3n) is 5.80. The first-order valence-electron chi connectivity index (χ1n) is 9.39. The first-order valence-corrected chi connectivity index (χ1v) is 9.39. The molecule has 2 heteroatoms. The molecular weight excluding hydrogens is 292 g/mol. The van der Waals surface area contributed by atoms with Crippen LogP contribution in [0.25, 0.3) is 0 Å². The molecule has 1 N–H and O–H groups in total. The van der Waals surface area contributed by atoms with Crippen molar-refractivity contribution < 1.29 is 0 Å². The quantitative estimate of drug-likeness (QED) is 0.838. The Morgan fingerprint density at radius 1 is 0.958 bits per heavy atom. The summed E-state index contributed by atoms with van der Waals surface area (Å²) in [7, 11) is 0. The lowest BCUT2D eigenvalue weighted by Crippen LogP contribution is -2.38. The monoisotopic (exact) mass is 320 g/mol. The number of likely N-dealkylation sites (tertiary alicyclic amines) is 1. The molecule has 2 aliphatic rings. The van der Waals surface area contributed by atoms with E-state index in [0.717, 1.165) is 6.54 Å². The van der Waals surface area contributed by atoms with E-state index in [1.807, 2.05) is 0 Å². The molecule has 0 bridgehead atoms. The van der Waals surface area contributed by atoms with Gasteiger partial charge in [0.25, 0.3) is 0 Å². The Morgan fingerprint density at radius 2 is 1.67 bits per heavy atom. The van der Waals surface area contributed by atoms with Crippen LogP contribution in [0, 0.1) is 0 Å². The van der Waals surface area contributed by atoms with Crippen molar-refractivity contribution in [2.75, 3.05) is 26.2 Å². The fourth-order valence-electron chi connectivity index (χ4n) is 3.98. The van der Waals surface area contributed by atoms with Crippen molar-refractivity contribution in [2.24, 2.45) is 0 Å². The second-order valence-electron chi connectivity index (χ2n) is 7.55. The van der Waals surface area contributed by atoms with Gasteiger partial charge in [-0.1, -0.05) is 60.7 Å². The predicted molar refractivity (Wildman–Crippen MR) is 100 cm³/mol. The van der Waals surface area contributed by atoms with Gasteiger partial charge in [0.2, 0.25) is 0 Å². The number of rotatable bonds is 7. The van der Waals surface area contributed by atoms with E-state index in [-0.39, 0.29) is 0 Å². The maximum atomic E-state index is 3.87. The minimum absolute atomic E-state index is 0.429. The van der Waals surface area contributed by atoms with E-state index in [1.54, 1.807) is 0 Å². The highest BCUT2D eigenvalue weighted by atomic mass is 15.2. The summed E-state index contributed by atoms with van der Waals surface area (Å²) in [6.07, 6.45) is 5.14. The maximum Gasteiger partial charge on any atom is 0.0207 e. The lowest BCUT2D eigenvalue weighted by molar-refractivity contribution is 0.330. The number of benzene rings is 2. The molecule has 2 fully saturated rings. The SMILES string of the molecule is c1ccc(CCN2CCC(NCC3(c4ccccc4)CC3)C2)cc1. The van der Waals surface area contributed by atoms with Crippen LogP contribution in [0.1, 0.15) is 30.4 Å². The van der Waals surface area contributed by atoms with E-state index in [1.165, 1.54) is 56.4 Å². The Kier molecular flexibility index (Phi) is 4.68. The standard InChI is InChI=1S/C22H28N2/c1-3-7-19(8-4-1)11-15-24-16-12-21(17-24)23-18-22(13-14-22)20-9-5-2-6-10-20/h1-10,21,23H,11-18H2. The Morgan fingerprint density at radius 3 is 2.38 bits per heavy atom. The van der Waals surface area contributed by atoms with Crippen LogP contribution < -0.4 is 5.32 Å². The van der Waals surface area contributed by atoms with Gasteiger partial charge in [-0.15, -0.1) is 0 Å². The van der Waals surface area contributed by atoms with Crippen LogP contribution in [0.4, 0.5) is 0 Å². The summed E-state index contributed by atoms with van der Waals surface area (Å²) in [5.74, 6) is 0. The molecule has 1 atom stereocenters. The third-order valence-corrected chi connectivity index (χ3v) is 5.80. The van der Waals surface area contributed by atoms with Crippen LogP contribution in [0.15, 0.2) is 60.7 Å². The molecule has 0 aromatic heterocycles. The molecule has 4 rings (SSSR count). The smallest absolute Gasteiger partial charge is 0.0207 e. The topological polar surface area (TPSA) is 15.3 Å². The summed E-state index contributed by atoms with van der Waals surface area (Å²) in [6.45, 7) is 4.78. The van der Waals surface area contributed by atoms with Gasteiger partial charge in [0.1, 0.15) is 0 Å². The van der Waals surface area contributed by atoms with E-state index in [9.17, 15) is 0 Å². The molecule has 2 nitrogen and oxygen atoms in total. The molecule has 1 saturated heterocycles. The van der Waals surface area contributed by atoms with Crippen LogP contribution in [-0.2, 0) is 11.8 Å². The summed E-state index contributed by atoms with van der Waals surface area (Å²) in [4.78, 5) is 2.62. The second kappa shape index (κ2) is 7.08. The van der Waals surface area contributed by atoms with Crippen LogP contribution in [0.3, 0.4) is 0 Å². The van der Waals surface area contributed by atoms with Crippen molar-refractivity contribution in [2.45, 2.75) is 37.1 Å². The molecule has 1 aliphatic heterocycles. The molecule has 2 aromatic rings. The van der Waals surface area contributed by atoms with Crippen molar-refractivity contribution in [3.05, 3.63) is 71.8 Å². The Hall–Kier alpha value is -1.64. The van der Waals surface area contributed by atoms with Crippen molar-refractivity contribution >= 4 is 0 Å². The minimum Gasteiger partial charge on any atom is -0.312 e. The molecule has 1 aliphatic carbocycles. The highest BCUT2D eigenvalue weighted by Gasteiger charge is 2.44. The van der Waals surface area contributed by atoms with Crippen molar-refractivity contribution in [1.82, 2.24) is 10.2 Å². The van der Waals surface area contributed by atoms with Gasteiger partial charge in [0.05, 0.1) is 0 Å². The zero-order valence-electron chi connectivity index (χ0n) is 14.5. The zero-order chi connectivity index (χ0) is 16.2. The average Bonchev–Trinajstić information content (AvgIpc) is 3.31. The van der Waals surface area contributed by atoms with E-state index in [4.69, 9.17) is 0 Å². The van der Waals surface area contributed by atoms with Gasteiger partial charge >= 0.3 is 0 Å². The van der Waals surface area contributed by atoms with Gasteiger partial charge < -0.3 is 10.2 Å². The van der Waals surface area contributed by atoms with Gasteiger partial charge in [-0.05, 0) is 43.4 Å².